The molecule has 0 spiro atoms. The van der Waals surface area contributed by atoms with Gasteiger partial charge in [-0.15, -0.1) is 0 Å². The van der Waals surface area contributed by atoms with Gasteiger partial charge in [-0.3, -0.25) is 9.59 Å². The van der Waals surface area contributed by atoms with Gasteiger partial charge in [-0.05, 0) is 12.8 Å². The van der Waals surface area contributed by atoms with Gasteiger partial charge in [0.1, 0.15) is 5.82 Å². The van der Waals surface area contributed by atoms with Crippen molar-refractivity contribution in [3.8, 4) is 5.88 Å². The number of rotatable bonds is 4. The molecule has 20 heavy (non-hydrogen) atoms. The number of nitrogens with two attached hydrogens (primary N) is 1. The molecule has 0 bridgehead atoms. The standard InChI is InChI=1S/C10H13N3O3.C3H8O/c1-5(2)9(6(11)4-14)10-12-7(15)3-8(16)13-10;1-3-4-2/h3-5H,11H2,1-2H3,(H2,12,13,15,16);3H2,1-2H3/b9-6-;. The number of aromatic amines is 1. The van der Waals surface area contributed by atoms with E-state index in [1.165, 1.54) is 0 Å². The zero-order valence-corrected chi connectivity index (χ0v) is 12.1. The lowest BCUT2D eigenvalue weighted by atomic mass is 10.0. The van der Waals surface area contributed by atoms with Crippen molar-refractivity contribution in [1.29, 1.82) is 0 Å². The molecular weight excluding hydrogens is 262 g/mol. The number of ether oxygens (including phenoxy) is 1. The Balaban J connectivity index is 0.000000796. The lowest BCUT2D eigenvalue weighted by molar-refractivity contribution is -0.104. The van der Waals surface area contributed by atoms with E-state index in [1.54, 1.807) is 21.0 Å². The van der Waals surface area contributed by atoms with Crippen LogP contribution in [0.2, 0.25) is 0 Å². The summed E-state index contributed by atoms with van der Waals surface area (Å²) < 4.78 is 4.54. The summed E-state index contributed by atoms with van der Waals surface area (Å²) in [5.41, 5.74) is 5.41. The summed E-state index contributed by atoms with van der Waals surface area (Å²) in [6.45, 7) is 6.38. The van der Waals surface area contributed by atoms with Gasteiger partial charge in [-0.25, -0.2) is 0 Å². The highest BCUT2D eigenvalue weighted by atomic mass is 16.5. The lowest BCUT2D eigenvalue weighted by Crippen LogP contribution is -2.15. The van der Waals surface area contributed by atoms with Crippen LogP contribution in [0.5, 0.6) is 5.88 Å². The fourth-order valence-electron chi connectivity index (χ4n) is 1.38. The molecular formula is C13H21N3O4. The normalized spacial score (nSPS) is 11.4. The second kappa shape index (κ2) is 8.87. The van der Waals surface area contributed by atoms with E-state index in [4.69, 9.17) is 5.73 Å². The Labute approximate surface area is 117 Å². The van der Waals surface area contributed by atoms with Crippen molar-refractivity contribution in [2.75, 3.05) is 13.7 Å². The Kier molecular flexibility index (Phi) is 7.91. The monoisotopic (exact) mass is 283 g/mol. The number of nitrogens with zero attached hydrogens (tertiary/aromatic N) is 1. The third kappa shape index (κ3) is 5.66. The number of carbonyl (C=O) groups excluding carboxylic acids is 1. The molecule has 112 valence electrons. The van der Waals surface area contributed by atoms with E-state index in [2.05, 4.69) is 14.7 Å². The molecule has 1 aromatic rings. The molecule has 1 rings (SSSR count). The fraction of sp³-hybridized carbons (Fsp3) is 0.462. The Hall–Kier alpha value is -2.15. The Morgan fingerprint density at radius 1 is 1.60 bits per heavy atom. The average molecular weight is 283 g/mol. The molecule has 0 aliphatic carbocycles. The molecule has 0 aliphatic heterocycles. The van der Waals surface area contributed by atoms with Crippen LogP contribution >= 0.6 is 0 Å². The Morgan fingerprint density at radius 2 is 2.15 bits per heavy atom. The SMILES string of the molecule is CC(C)/C(=C(/N)C=O)c1nc(O)cc(=O)[nH]1.CCOC. The van der Waals surface area contributed by atoms with Crippen LogP contribution in [0.1, 0.15) is 26.6 Å². The number of H-pyrrole nitrogens is 1. The molecule has 7 nitrogen and oxygen atoms in total. The third-order valence-corrected chi connectivity index (χ3v) is 2.29. The second-order valence-electron chi connectivity index (χ2n) is 4.17. The van der Waals surface area contributed by atoms with Crippen LogP contribution in [0.25, 0.3) is 5.57 Å². The summed E-state index contributed by atoms with van der Waals surface area (Å²) in [6.07, 6.45) is 0.485. The average Bonchev–Trinajstić information content (AvgIpc) is 2.37. The van der Waals surface area contributed by atoms with E-state index in [1.807, 2.05) is 6.92 Å². The van der Waals surface area contributed by atoms with Crippen molar-refractivity contribution >= 4 is 11.9 Å². The van der Waals surface area contributed by atoms with Crippen LogP contribution in [-0.4, -0.2) is 35.1 Å². The molecule has 0 aromatic carbocycles. The second-order valence-corrected chi connectivity index (χ2v) is 4.17. The van der Waals surface area contributed by atoms with Gasteiger partial charge < -0.3 is 20.6 Å². The number of aromatic nitrogens is 2. The minimum absolute atomic E-state index is 0.0104. The first kappa shape index (κ1) is 17.8. The van der Waals surface area contributed by atoms with E-state index in [0.717, 1.165) is 12.7 Å². The maximum absolute atomic E-state index is 11.1. The molecule has 0 fully saturated rings. The van der Waals surface area contributed by atoms with Gasteiger partial charge in [0.25, 0.3) is 5.56 Å². The minimum atomic E-state index is -0.501. The highest BCUT2D eigenvalue weighted by Crippen LogP contribution is 2.21. The van der Waals surface area contributed by atoms with Gasteiger partial charge in [-0.1, -0.05) is 13.8 Å². The fourth-order valence-corrected chi connectivity index (χ4v) is 1.38. The van der Waals surface area contributed by atoms with Crippen molar-refractivity contribution < 1.29 is 14.6 Å². The van der Waals surface area contributed by atoms with Gasteiger partial charge in [0.15, 0.2) is 6.29 Å². The van der Waals surface area contributed by atoms with Crippen LogP contribution < -0.4 is 11.3 Å². The van der Waals surface area contributed by atoms with Crippen molar-refractivity contribution in [2.45, 2.75) is 20.8 Å². The van der Waals surface area contributed by atoms with Crippen molar-refractivity contribution in [2.24, 2.45) is 11.7 Å². The van der Waals surface area contributed by atoms with E-state index < -0.39 is 11.4 Å². The maximum Gasteiger partial charge on any atom is 0.254 e. The zero-order chi connectivity index (χ0) is 15.7. The molecule has 0 amide bonds. The number of aldehydes is 1. The summed E-state index contributed by atoms with van der Waals surface area (Å²) in [5, 5.41) is 9.20. The van der Waals surface area contributed by atoms with Crippen LogP contribution in [0.15, 0.2) is 16.6 Å². The summed E-state index contributed by atoms with van der Waals surface area (Å²) in [6, 6.07) is 0.943. The van der Waals surface area contributed by atoms with Gasteiger partial charge in [0.2, 0.25) is 5.88 Å². The summed E-state index contributed by atoms with van der Waals surface area (Å²) in [7, 11) is 1.68. The maximum atomic E-state index is 11.1. The van der Waals surface area contributed by atoms with Crippen molar-refractivity contribution in [3.63, 3.8) is 0 Å². The number of allylic oxidation sites excluding steroid dienone is 2. The predicted molar refractivity (Wildman–Crippen MR) is 76.1 cm³/mol. The zero-order valence-electron chi connectivity index (χ0n) is 12.1. The van der Waals surface area contributed by atoms with Crippen LogP contribution in [0, 0.1) is 5.92 Å². The van der Waals surface area contributed by atoms with Crippen molar-refractivity contribution in [3.05, 3.63) is 27.9 Å². The Morgan fingerprint density at radius 3 is 2.50 bits per heavy atom. The summed E-state index contributed by atoms with van der Waals surface area (Å²) in [4.78, 5) is 27.9. The van der Waals surface area contributed by atoms with Crippen LogP contribution in [0.4, 0.5) is 0 Å². The first-order valence-corrected chi connectivity index (χ1v) is 6.11. The molecule has 1 aromatic heterocycles. The number of nitrogens with one attached hydrogen (secondary N) is 1. The Bertz CT molecular complexity index is 519. The number of aromatic hydroxyl groups is 1. The number of hydrogen-bond donors (Lipinski definition) is 3. The van der Waals surface area contributed by atoms with Gasteiger partial charge >= 0.3 is 0 Å². The first-order valence-electron chi connectivity index (χ1n) is 6.11. The molecule has 0 unspecified atom stereocenters. The largest absolute Gasteiger partial charge is 0.493 e. The summed E-state index contributed by atoms with van der Waals surface area (Å²) >= 11 is 0. The molecule has 1 heterocycles. The molecule has 0 aliphatic rings. The molecule has 0 saturated heterocycles. The van der Waals surface area contributed by atoms with Crippen LogP contribution in [0.3, 0.4) is 0 Å². The predicted octanol–water partition coefficient (Wildman–Crippen LogP) is 0.653. The molecule has 4 N–H and O–H groups in total. The van der Waals surface area contributed by atoms with Gasteiger partial charge in [0.05, 0.1) is 11.8 Å². The van der Waals surface area contributed by atoms with Crippen LogP contribution in [-0.2, 0) is 9.53 Å². The summed E-state index contributed by atoms with van der Waals surface area (Å²) in [5.74, 6) is -0.393. The molecule has 0 saturated carbocycles. The van der Waals surface area contributed by atoms with E-state index in [9.17, 15) is 14.7 Å². The minimum Gasteiger partial charge on any atom is -0.493 e. The van der Waals surface area contributed by atoms with E-state index >= 15 is 0 Å². The van der Waals surface area contributed by atoms with Crippen molar-refractivity contribution in [1.82, 2.24) is 9.97 Å². The van der Waals surface area contributed by atoms with E-state index in [0.29, 0.717) is 11.9 Å². The highest BCUT2D eigenvalue weighted by molar-refractivity contribution is 5.86. The van der Waals surface area contributed by atoms with E-state index in [-0.39, 0.29) is 17.4 Å². The molecule has 7 heteroatoms. The van der Waals surface area contributed by atoms with Gasteiger partial charge in [-0.2, -0.15) is 4.98 Å². The number of carbonyl (C=O) groups is 1. The quantitative estimate of drug-likeness (QED) is 0.551. The molecule has 0 atom stereocenters. The third-order valence-electron chi connectivity index (χ3n) is 2.29. The lowest BCUT2D eigenvalue weighted by Gasteiger charge is -2.11. The first-order chi connectivity index (χ1) is 9.37. The molecule has 0 radical (unpaired) electrons. The topological polar surface area (TPSA) is 118 Å². The smallest absolute Gasteiger partial charge is 0.254 e. The highest BCUT2D eigenvalue weighted by Gasteiger charge is 2.14. The number of hydrogen-bond acceptors (Lipinski definition) is 6. The van der Waals surface area contributed by atoms with Gasteiger partial charge in [0, 0.05) is 19.3 Å². The number of methoxy groups -OCH3 is 1.